The molecule has 0 spiro atoms. The van der Waals surface area contributed by atoms with Gasteiger partial charge in [0.2, 0.25) is 0 Å². The first-order valence-electron chi connectivity index (χ1n) is 7.05. The zero-order chi connectivity index (χ0) is 14.6. The van der Waals surface area contributed by atoms with Gasteiger partial charge in [-0.05, 0) is 38.8 Å². The van der Waals surface area contributed by atoms with Gasteiger partial charge in [-0.15, -0.1) is 21.5 Å². The summed E-state index contributed by atoms with van der Waals surface area (Å²) in [5, 5.41) is 14.3. The van der Waals surface area contributed by atoms with Crippen LogP contribution >= 0.6 is 11.3 Å². The molecule has 1 aromatic heterocycles. The smallest absolute Gasteiger partial charge is 0.121 e. The van der Waals surface area contributed by atoms with Gasteiger partial charge < -0.3 is 5.32 Å². The van der Waals surface area contributed by atoms with Crippen molar-refractivity contribution in [2.45, 2.75) is 46.1 Å². The summed E-state index contributed by atoms with van der Waals surface area (Å²) in [6, 6.07) is 8.46. The summed E-state index contributed by atoms with van der Waals surface area (Å²) in [4.78, 5) is 0. The Hall–Kier alpha value is -1.26. The van der Waals surface area contributed by atoms with Crippen molar-refractivity contribution in [1.29, 1.82) is 0 Å². The van der Waals surface area contributed by atoms with Crippen molar-refractivity contribution in [3.05, 3.63) is 45.4 Å². The first-order valence-corrected chi connectivity index (χ1v) is 7.86. The predicted molar refractivity (Wildman–Crippen MR) is 85.4 cm³/mol. The van der Waals surface area contributed by atoms with Crippen LogP contribution in [0, 0.1) is 6.92 Å². The molecule has 1 N–H and O–H groups in total. The van der Waals surface area contributed by atoms with E-state index in [0.29, 0.717) is 0 Å². The predicted octanol–water partition coefficient (Wildman–Crippen LogP) is 3.37. The average Bonchev–Trinajstić information content (AvgIpc) is 2.78. The molecule has 0 aliphatic heterocycles. The molecule has 0 bridgehead atoms. The van der Waals surface area contributed by atoms with Crippen LogP contribution in [-0.2, 0) is 12.8 Å². The summed E-state index contributed by atoms with van der Waals surface area (Å²) in [5.41, 5.74) is 2.82. The summed E-state index contributed by atoms with van der Waals surface area (Å²) in [7, 11) is 0. The third-order valence-electron chi connectivity index (χ3n) is 3.11. The average molecular weight is 289 g/mol. The Morgan fingerprint density at radius 1 is 1.10 bits per heavy atom. The van der Waals surface area contributed by atoms with Gasteiger partial charge in [-0.1, -0.05) is 24.3 Å². The summed E-state index contributed by atoms with van der Waals surface area (Å²) in [6.45, 7) is 9.62. The third kappa shape index (κ3) is 4.69. The first kappa shape index (κ1) is 15.1. The fourth-order valence-corrected chi connectivity index (χ4v) is 2.84. The Kier molecular flexibility index (Phi) is 4.89. The maximum absolute atomic E-state index is 4.31. The normalized spacial score (nSPS) is 11.8. The molecule has 0 saturated carbocycles. The van der Waals surface area contributed by atoms with E-state index in [1.54, 1.807) is 11.3 Å². The number of hydrogen-bond acceptors (Lipinski definition) is 4. The van der Waals surface area contributed by atoms with Gasteiger partial charge in [-0.25, -0.2) is 0 Å². The van der Waals surface area contributed by atoms with Crippen molar-refractivity contribution in [2.75, 3.05) is 6.54 Å². The molecule has 3 nitrogen and oxygen atoms in total. The van der Waals surface area contributed by atoms with E-state index in [1.807, 2.05) is 0 Å². The molecule has 0 atom stereocenters. The minimum absolute atomic E-state index is 0.161. The Morgan fingerprint density at radius 3 is 2.50 bits per heavy atom. The molecule has 20 heavy (non-hydrogen) atoms. The van der Waals surface area contributed by atoms with Crippen LogP contribution in [0.15, 0.2) is 24.3 Å². The number of nitrogens with zero attached hydrogens (tertiary/aromatic N) is 2. The highest BCUT2D eigenvalue weighted by atomic mass is 32.1. The van der Waals surface area contributed by atoms with Crippen LogP contribution in [0.1, 0.15) is 41.9 Å². The van der Waals surface area contributed by atoms with Gasteiger partial charge in [-0.2, -0.15) is 0 Å². The van der Waals surface area contributed by atoms with E-state index < -0.39 is 0 Å². The standard InChI is InChI=1S/C16H23N3S/c1-12-7-5-6-8-13(12)11-15-19-18-14(20-15)9-10-17-16(2,3)4/h5-8,17H,9-11H2,1-4H3. The van der Waals surface area contributed by atoms with E-state index >= 15 is 0 Å². The van der Waals surface area contributed by atoms with E-state index in [2.05, 4.69) is 67.5 Å². The fraction of sp³-hybridized carbons (Fsp3) is 0.500. The van der Waals surface area contributed by atoms with E-state index in [0.717, 1.165) is 29.4 Å². The van der Waals surface area contributed by atoms with Crippen LogP contribution in [0.4, 0.5) is 0 Å². The molecule has 1 aromatic carbocycles. The number of aromatic nitrogens is 2. The van der Waals surface area contributed by atoms with Gasteiger partial charge in [0.15, 0.2) is 0 Å². The molecular formula is C16H23N3S. The topological polar surface area (TPSA) is 37.8 Å². The van der Waals surface area contributed by atoms with Gasteiger partial charge in [0, 0.05) is 24.9 Å². The van der Waals surface area contributed by atoms with Crippen LogP contribution in [0.5, 0.6) is 0 Å². The summed E-state index contributed by atoms with van der Waals surface area (Å²) in [6.07, 6.45) is 1.83. The zero-order valence-corrected chi connectivity index (χ0v) is 13.5. The third-order valence-corrected chi connectivity index (χ3v) is 4.09. The second-order valence-corrected chi connectivity index (χ2v) is 7.27. The molecule has 0 unspecified atom stereocenters. The quantitative estimate of drug-likeness (QED) is 0.917. The van der Waals surface area contributed by atoms with Crippen molar-refractivity contribution in [2.24, 2.45) is 0 Å². The second kappa shape index (κ2) is 6.46. The molecule has 0 aliphatic rings. The van der Waals surface area contributed by atoms with E-state index in [4.69, 9.17) is 0 Å². The van der Waals surface area contributed by atoms with Gasteiger partial charge in [0.25, 0.3) is 0 Å². The molecule has 0 radical (unpaired) electrons. The number of hydrogen-bond donors (Lipinski definition) is 1. The maximum Gasteiger partial charge on any atom is 0.121 e. The molecule has 0 fully saturated rings. The van der Waals surface area contributed by atoms with Gasteiger partial charge in [0.05, 0.1) is 0 Å². The van der Waals surface area contributed by atoms with Crippen LogP contribution < -0.4 is 5.32 Å². The zero-order valence-electron chi connectivity index (χ0n) is 12.7. The van der Waals surface area contributed by atoms with Gasteiger partial charge in [0.1, 0.15) is 10.0 Å². The number of nitrogens with one attached hydrogen (secondary N) is 1. The highest BCUT2D eigenvalue weighted by molar-refractivity contribution is 7.11. The number of benzene rings is 1. The van der Waals surface area contributed by atoms with E-state index in [1.165, 1.54) is 11.1 Å². The lowest BCUT2D eigenvalue weighted by Gasteiger charge is -2.19. The Morgan fingerprint density at radius 2 is 1.80 bits per heavy atom. The van der Waals surface area contributed by atoms with Crippen molar-refractivity contribution < 1.29 is 0 Å². The van der Waals surface area contributed by atoms with Crippen molar-refractivity contribution in [3.8, 4) is 0 Å². The fourth-order valence-electron chi connectivity index (χ4n) is 1.98. The molecule has 0 aliphatic carbocycles. The van der Waals surface area contributed by atoms with Gasteiger partial charge in [-0.3, -0.25) is 0 Å². The minimum Gasteiger partial charge on any atom is -0.312 e. The highest BCUT2D eigenvalue weighted by Gasteiger charge is 2.10. The highest BCUT2D eigenvalue weighted by Crippen LogP contribution is 2.17. The molecular weight excluding hydrogens is 266 g/mol. The molecule has 4 heteroatoms. The maximum atomic E-state index is 4.31. The summed E-state index contributed by atoms with van der Waals surface area (Å²) in [5.74, 6) is 0. The van der Waals surface area contributed by atoms with Crippen molar-refractivity contribution in [3.63, 3.8) is 0 Å². The van der Waals surface area contributed by atoms with Crippen LogP contribution in [0.25, 0.3) is 0 Å². The molecule has 0 saturated heterocycles. The van der Waals surface area contributed by atoms with Crippen LogP contribution in [0.3, 0.4) is 0 Å². The van der Waals surface area contributed by atoms with E-state index in [9.17, 15) is 0 Å². The lowest BCUT2D eigenvalue weighted by molar-refractivity contribution is 0.429. The van der Waals surface area contributed by atoms with E-state index in [-0.39, 0.29) is 5.54 Å². The lowest BCUT2D eigenvalue weighted by Crippen LogP contribution is -2.37. The van der Waals surface area contributed by atoms with Crippen molar-refractivity contribution in [1.82, 2.24) is 15.5 Å². The molecule has 1 heterocycles. The van der Waals surface area contributed by atoms with Gasteiger partial charge >= 0.3 is 0 Å². The Balaban J connectivity index is 1.91. The summed E-state index contributed by atoms with van der Waals surface area (Å²) >= 11 is 1.72. The van der Waals surface area contributed by atoms with Crippen molar-refractivity contribution >= 4 is 11.3 Å². The summed E-state index contributed by atoms with van der Waals surface area (Å²) < 4.78 is 0. The van der Waals surface area contributed by atoms with Crippen LogP contribution in [0.2, 0.25) is 0 Å². The Bertz CT molecular complexity index is 555. The molecule has 2 rings (SSSR count). The number of aryl methyl sites for hydroxylation is 1. The second-order valence-electron chi connectivity index (χ2n) is 6.12. The molecule has 0 amide bonds. The monoisotopic (exact) mass is 289 g/mol. The first-order chi connectivity index (χ1) is 9.44. The lowest BCUT2D eigenvalue weighted by atomic mass is 10.1. The Labute approximate surface area is 125 Å². The minimum atomic E-state index is 0.161. The van der Waals surface area contributed by atoms with Crippen LogP contribution in [-0.4, -0.2) is 22.3 Å². The number of rotatable bonds is 5. The molecule has 108 valence electrons. The largest absolute Gasteiger partial charge is 0.312 e. The molecule has 2 aromatic rings. The SMILES string of the molecule is Cc1ccccc1Cc1nnc(CCNC(C)(C)C)s1.